The summed E-state index contributed by atoms with van der Waals surface area (Å²) in [6.45, 7) is 1.69. The summed E-state index contributed by atoms with van der Waals surface area (Å²) in [6, 6.07) is 0. The molecule has 0 saturated carbocycles. The molecule has 0 radical (unpaired) electrons. The molecule has 0 aliphatic rings. The number of aromatic amines is 1. The number of hydrogen-bond donors (Lipinski definition) is 2. The molecule has 0 unspecified atom stereocenters. The van der Waals surface area contributed by atoms with Crippen LogP contribution >= 0.6 is 12.4 Å². The standard InChI is InChI=1S/C5H7N3O.ClH/c1-3-4(6)5(9)8-2-7-3;/h2H,6H2,1H3,(H,7,8,9);1H. The van der Waals surface area contributed by atoms with Crippen LogP contribution in [0.25, 0.3) is 0 Å². The van der Waals surface area contributed by atoms with Gasteiger partial charge < -0.3 is 10.7 Å². The molecule has 1 aromatic heterocycles. The van der Waals surface area contributed by atoms with E-state index in [-0.39, 0.29) is 23.7 Å². The number of H-pyrrole nitrogens is 1. The van der Waals surface area contributed by atoms with Crippen molar-refractivity contribution in [3.63, 3.8) is 0 Å². The van der Waals surface area contributed by atoms with E-state index in [0.717, 1.165) is 0 Å². The smallest absolute Gasteiger partial charge is 0.274 e. The van der Waals surface area contributed by atoms with Gasteiger partial charge in [-0.3, -0.25) is 4.79 Å². The fourth-order valence-corrected chi connectivity index (χ4v) is 0.499. The Labute approximate surface area is 63.9 Å². The minimum absolute atomic E-state index is 0. The van der Waals surface area contributed by atoms with Crippen LogP contribution in [0.5, 0.6) is 0 Å². The van der Waals surface area contributed by atoms with Crippen LogP contribution in [0.4, 0.5) is 5.69 Å². The van der Waals surface area contributed by atoms with E-state index in [2.05, 4.69) is 9.97 Å². The molecule has 1 heterocycles. The van der Waals surface area contributed by atoms with E-state index in [9.17, 15) is 4.79 Å². The Kier molecular flexibility index (Phi) is 2.89. The van der Waals surface area contributed by atoms with E-state index in [1.165, 1.54) is 6.33 Å². The van der Waals surface area contributed by atoms with Gasteiger partial charge >= 0.3 is 0 Å². The molecule has 10 heavy (non-hydrogen) atoms. The summed E-state index contributed by atoms with van der Waals surface area (Å²) >= 11 is 0. The Morgan fingerprint density at radius 3 is 2.70 bits per heavy atom. The second-order valence-electron chi connectivity index (χ2n) is 1.73. The summed E-state index contributed by atoms with van der Waals surface area (Å²) in [7, 11) is 0. The monoisotopic (exact) mass is 161 g/mol. The van der Waals surface area contributed by atoms with E-state index in [4.69, 9.17) is 5.73 Å². The Bertz CT molecular complexity index is 270. The van der Waals surface area contributed by atoms with Gasteiger partial charge in [0.15, 0.2) is 0 Å². The largest absolute Gasteiger partial charge is 0.393 e. The minimum atomic E-state index is -0.275. The molecule has 5 heteroatoms. The summed E-state index contributed by atoms with van der Waals surface area (Å²) in [4.78, 5) is 16.7. The molecule has 4 nitrogen and oxygen atoms in total. The van der Waals surface area contributed by atoms with Crippen LogP contribution in [0.3, 0.4) is 0 Å². The van der Waals surface area contributed by atoms with Crippen molar-refractivity contribution < 1.29 is 0 Å². The van der Waals surface area contributed by atoms with E-state index in [1.54, 1.807) is 6.92 Å². The molecule has 0 aromatic carbocycles. The number of aromatic nitrogens is 2. The molecule has 0 aliphatic heterocycles. The first kappa shape index (κ1) is 8.97. The molecule has 1 rings (SSSR count). The van der Waals surface area contributed by atoms with Crippen molar-refractivity contribution in [3.8, 4) is 0 Å². The van der Waals surface area contributed by atoms with Crippen molar-refractivity contribution in [1.29, 1.82) is 0 Å². The van der Waals surface area contributed by atoms with Gasteiger partial charge in [-0.2, -0.15) is 0 Å². The third-order valence-electron chi connectivity index (χ3n) is 1.09. The molecule has 0 atom stereocenters. The Morgan fingerprint density at radius 2 is 2.30 bits per heavy atom. The van der Waals surface area contributed by atoms with E-state index in [1.807, 2.05) is 0 Å². The molecule has 0 aliphatic carbocycles. The first-order valence-electron chi connectivity index (χ1n) is 2.51. The minimum Gasteiger partial charge on any atom is -0.393 e. The maximum Gasteiger partial charge on any atom is 0.274 e. The molecule has 56 valence electrons. The molecular weight excluding hydrogens is 154 g/mol. The van der Waals surface area contributed by atoms with Crippen LogP contribution in [0.2, 0.25) is 0 Å². The van der Waals surface area contributed by atoms with E-state index < -0.39 is 0 Å². The number of nitrogens with one attached hydrogen (secondary N) is 1. The van der Waals surface area contributed by atoms with Crippen LogP contribution in [0, 0.1) is 6.92 Å². The SMILES string of the molecule is Cc1nc[nH]c(=O)c1N.Cl. The third-order valence-corrected chi connectivity index (χ3v) is 1.09. The first-order valence-corrected chi connectivity index (χ1v) is 2.51. The first-order chi connectivity index (χ1) is 4.22. The van der Waals surface area contributed by atoms with Gasteiger partial charge in [-0.1, -0.05) is 0 Å². The number of anilines is 1. The maximum absolute atomic E-state index is 10.6. The summed E-state index contributed by atoms with van der Waals surface area (Å²) in [5.74, 6) is 0. The number of aryl methyl sites for hydroxylation is 1. The van der Waals surface area contributed by atoms with Crippen molar-refractivity contribution in [1.82, 2.24) is 9.97 Å². The van der Waals surface area contributed by atoms with Crippen LogP contribution in [0.1, 0.15) is 5.69 Å². The Balaban J connectivity index is 0.000000810. The lowest BCUT2D eigenvalue weighted by atomic mass is 10.4. The Morgan fingerprint density at radius 1 is 1.70 bits per heavy atom. The fraction of sp³-hybridized carbons (Fsp3) is 0.200. The summed E-state index contributed by atoms with van der Waals surface area (Å²) in [5.41, 5.74) is 5.76. The topological polar surface area (TPSA) is 71.8 Å². The predicted octanol–water partition coefficient (Wildman–Crippen LogP) is 0.0823. The lowest BCUT2D eigenvalue weighted by molar-refractivity contribution is 1.07. The second-order valence-corrected chi connectivity index (χ2v) is 1.73. The highest BCUT2D eigenvalue weighted by atomic mass is 35.5. The van der Waals surface area contributed by atoms with Crippen LogP contribution < -0.4 is 11.3 Å². The highest BCUT2D eigenvalue weighted by Gasteiger charge is 1.95. The van der Waals surface area contributed by atoms with Crippen LogP contribution in [0.15, 0.2) is 11.1 Å². The lowest BCUT2D eigenvalue weighted by Crippen LogP contribution is -2.13. The van der Waals surface area contributed by atoms with Gasteiger partial charge in [-0.05, 0) is 6.92 Å². The number of nitrogens with two attached hydrogens (primary N) is 1. The highest BCUT2D eigenvalue weighted by molar-refractivity contribution is 5.85. The average molecular weight is 162 g/mol. The van der Waals surface area contributed by atoms with Crippen LogP contribution in [-0.4, -0.2) is 9.97 Å². The van der Waals surface area contributed by atoms with Crippen LogP contribution in [-0.2, 0) is 0 Å². The van der Waals surface area contributed by atoms with Gasteiger partial charge in [0.25, 0.3) is 5.56 Å². The van der Waals surface area contributed by atoms with E-state index >= 15 is 0 Å². The summed E-state index contributed by atoms with van der Waals surface area (Å²) < 4.78 is 0. The van der Waals surface area contributed by atoms with Crippen molar-refractivity contribution >= 4 is 18.1 Å². The molecule has 0 fully saturated rings. The number of rotatable bonds is 0. The number of halogens is 1. The molecular formula is C5H8ClN3O. The average Bonchev–Trinajstić information content (AvgIpc) is 1.83. The predicted molar refractivity (Wildman–Crippen MR) is 41.3 cm³/mol. The normalized spacial score (nSPS) is 8.50. The number of hydrogen-bond acceptors (Lipinski definition) is 3. The summed E-state index contributed by atoms with van der Waals surface area (Å²) in [5, 5.41) is 0. The zero-order chi connectivity index (χ0) is 6.85. The number of nitrogens with zero attached hydrogens (tertiary/aromatic N) is 1. The fourth-order valence-electron chi connectivity index (χ4n) is 0.499. The van der Waals surface area contributed by atoms with Crippen molar-refractivity contribution in [2.75, 3.05) is 5.73 Å². The zero-order valence-electron chi connectivity index (χ0n) is 5.42. The van der Waals surface area contributed by atoms with Crippen molar-refractivity contribution in [2.24, 2.45) is 0 Å². The molecule has 0 saturated heterocycles. The number of nitrogen functional groups attached to an aromatic ring is 1. The quantitative estimate of drug-likeness (QED) is 0.566. The maximum atomic E-state index is 10.6. The molecule has 0 amide bonds. The molecule has 0 bridgehead atoms. The van der Waals surface area contributed by atoms with Gasteiger partial charge in [0.1, 0.15) is 5.69 Å². The third kappa shape index (κ3) is 1.48. The summed E-state index contributed by atoms with van der Waals surface area (Å²) in [6.07, 6.45) is 1.33. The van der Waals surface area contributed by atoms with Gasteiger partial charge in [0.2, 0.25) is 0 Å². The molecule has 0 spiro atoms. The van der Waals surface area contributed by atoms with Gasteiger partial charge in [-0.25, -0.2) is 4.98 Å². The Hall–Kier alpha value is -1.03. The molecule has 1 aromatic rings. The van der Waals surface area contributed by atoms with Gasteiger partial charge in [0.05, 0.1) is 12.0 Å². The van der Waals surface area contributed by atoms with E-state index in [0.29, 0.717) is 5.69 Å². The van der Waals surface area contributed by atoms with Crippen molar-refractivity contribution in [3.05, 3.63) is 22.4 Å². The zero-order valence-corrected chi connectivity index (χ0v) is 6.23. The molecule has 3 N–H and O–H groups in total. The lowest BCUT2D eigenvalue weighted by Gasteiger charge is -1.92. The second kappa shape index (κ2) is 3.22. The van der Waals surface area contributed by atoms with Gasteiger partial charge in [-0.15, -0.1) is 12.4 Å². The van der Waals surface area contributed by atoms with Crippen molar-refractivity contribution in [2.45, 2.75) is 6.92 Å². The highest BCUT2D eigenvalue weighted by Crippen LogP contribution is 1.93. The van der Waals surface area contributed by atoms with Gasteiger partial charge in [0, 0.05) is 0 Å².